The first-order chi connectivity index (χ1) is 17.0. The smallest absolute Gasteiger partial charge is 0.275 e. The lowest BCUT2D eigenvalue weighted by molar-refractivity contribution is -0.109. The van der Waals surface area contributed by atoms with E-state index in [0.717, 1.165) is 23.2 Å². The van der Waals surface area contributed by atoms with Crippen LogP contribution in [0.15, 0.2) is 89.7 Å². The number of anilines is 1. The van der Waals surface area contributed by atoms with Crippen molar-refractivity contribution in [1.82, 2.24) is 15.2 Å². The fourth-order valence-corrected chi connectivity index (χ4v) is 5.32. The summed E-state index contributed by atoms with van der Waals surface area (Å²) in [5.74, 6) is -0.556. The van der Waals surface area contributed by atoms with Crippen molar-refractivity contribution < 1.29 is 9.90 Å². The second-order valence-electron chi connectivity index (χ2n) is 9.00. The van der Waals surface area contributed by atoms with Crippen LogP contribution in [0.2, 0.25) is 0 Å². The monoisotopic (exact) mass is 468 g/mol. The molecule has 1 aliphatic rings. The second-order valence-corrected chi connectivity index (χ2v) is 9.00. The number of phenolic OH excluding ortho intramolecular Hbond substituents is 1. The molecule has 4 unspecified atom stereocenters. The number of aryl methyl sites for hydroxylation is 1. The van der Waals surface area contributed by atoms with Gasteiger partial charge >= 0.3 is 0 Å². The predicted molar refractivity (Wildman–Crippen MR) is 136 cm³/mol. The van der Waals surface area contributed by atoms with Crippen LogP contribution in [0.5, 0.6) is 5.75 Å². The van der Waals surface area contributed by atoms with E-state index in [9.17, 15) is 14.7 Å². The highest BCUT2D eigenvalue weighted by atomic mass is 16.3. The summed E-state index contributed by atoms with van der Waals surface area (Å²) in [6, 6.07) is 25.5. The average Bonchev–Trinajstić information content (AvgIpc) is 3.37. The van der Waals surface area contributed by atoms with Gasteiger partial charge in [0.15, 0.2) is 0 Å². The number of benzene rings is 3. The van der Waals surface area contributed by atoms with Gasteiger partial charge in [-0.15, -0.1) is 0 Å². The van der Waals surface area contributed by atoms with Crippen LogP contribution >= 0.6 is 0 Å². The van der Waals surface area contributed by atoms with Crippen molar-refractivity contribution in [3.8, 4) is 11.4 Å². The summed E-state index contributed by atoms with van der Waals surface area (Å²) in [6.07, 6.45) is 0.904. The minimum atomic E-state index is -0.609. The molecule has 178 valence electrons. The van der Waals surface area contributed by atoms with Gasteiger partial charge in [0.05, 0.1) is 11.4 Å². The van der Waals surface area contributed by atoms with Crippen LogP contribution in [0.25, 0.3) is 5.69 Å². The van der Waals surface area contributed by atoms with E-state index in [-0.39, 0.29) is 29.2 Å². The number of nitrogens with zero attached hydrogens (tertiary/aromatic N) is 2. The molecule has 1 aromatic heterocycles. The summed E-state index contributed by atoms with van der Waals surface area (Å²) in [7, 11) is 0. The first kappa shape index (κ1) is 22.7. The second kappa shape index (κ2) is 9.27. The number of carbonyl (C=O) groups excluding carboxylic acids is 1. The number of para-hydroxylation sites is 3. The van der Waals surface area contributed by atoms with Gasteiger partial charge < -0.3 is 9.90 Å². The Hall–Kier alpha value is -4.10. The van der Waals surface area contributed by atoms with Gasteiger partial charge in [-0.3, -0.25) is 14.9 Å². The molecule has 1 fully saturated rings. The van der Waals surface area contributed by atoms with Crippen molar-refractivity contribution >= 4 is 12.0 Å². The Morgan fingerprint density at radius 3 is 2.23 bits per heavy atom. The molecule has 0 bridgehead atoms. The van der Waals surface area contributed by atoms with Crippen LogP contribution in [0.4, 0.5) is 5.69 Å². The quantitative estimate of drug-likeness (QED) is 0.373. The molecule has 1 saturated heterocycles. The minimum absolute atomic E-state index is 0.0835. The van der Waals surface area contributed by atoms with E-state index < -0.39 is 6.04 Å². The van der Waals surface area contributed by atoms with Crippen molar-refractivity contribution in [1.29, 1.82) is 0 Å². The van der Waals surface area contributed by atoms with Gasteiger partial charge in [-0.05, 0) is 43.7 Å². The minimum Gasteiger partial charge on any atom is -0.506 e. The van der Waals surface area contributed by atoms with Crippen molar-refractivity contribution in [2.45, 2.75) is 31.8 Å². The molecule has 4 atom stereocenters. The number of aromatic hydroxyl groups is 1. The maximum Gasteiger partial charge on any atom is 0.275 e. The number of hydrazine groups is 1. The maximum absolute atomic E-state index is 13.8. The SMILES string of the molecule is Cc1[nH]n(-c2ccccc2)c(=O)c1C(c1ccccc1)C1C(C)NN(c2ccccc2O)C1C=O. The van der Waals surface area contributed by atoms with Crippen LogP contribution in [0, 0.1) is 12.8 Å². The molecule has 3 N–H and O–H groups in total. The van der Waals surface area contributed by atoms with Crippen molar-refractivity contribution in [3.63, 3.8) is 0 Å². The number of hydrogen-bond donors (Lipinski definition) is 3. The third-order valence-electron chi connectivity index (χ3n) is 6.88. The van der Waals surface area contributed by atoms with E-state index in [1.165, 1.54) is 0 Å². The van der Waals surface area contributed by atoms with Gasteiger partial charge in [0, 0.05) is 29.1 Å². The van der Waals surface area contributed by atoms with Gasteiger partial charge in [0.1, 0.15) is 18.1 Å². The highest BCUT2D eigenvalue weighted by Gasteiger charge is 2.47. The molecule has 0 radical (unpaired) electrons. The molecule has 0 aliphatic carbocycles. The zero-order chi connectivity index (χ0) is 24.5. The number of aromatic amines is 1. The molecular formula is C28H28N4O3. The molecule has 35 heavy (non-hydrogen) atoms. The van der Waals surface area contributed by atoms with Gasteiger partial charge in [-0.2, -0.15) is 0 Å². The summed E-state index contributed by atoms with van der Waals surface area (Å²) in [4.78, 5) is 26.4. The summed E-state index contributed by atoms with van der Waals surface area (Å²) < 4.78 is 1.56. The summed E-state index contributed by atoms with van der Waals surface area (Å²) in [5, 5.41) is 15.5. The molecule has 7 nitrogen and oxygen atoms in total. The highest BCUT2D eigenvalue weighted by Crippen LogP contribution is 2.42. The third kappa shape index (κ3) is 3.94. The molecular weight excluding hydrogens is 440 g/mol. The van der Waals surface area contributed by atoms with E-state index in [1.54, 1.807) is 27.9 Å². The van der Waals surface area contributed by atoms with Crippen LogP contribution in [0.1, 0.15) is 29.7 Å². The Balaban J connectivity index is 1.67. The molecule has 0 spiro atoms. The Labute approximate surface area is 203 Å². The topological polar surface area (TPSA) is 90.4 Å². The van der Waals surface area contributed by atoms with Crippen molar-refractivity contribution in [3.05, 3.63) is 112 Å². The number of aromatic nitrogens is 2. The van der Waals surface area contributed by atoms with E-state index in [4.69, 9.17) is 0 Å². The fraction of sp³-hybridized carbons (Fsp3) is 0.214. The van der Waals surface area contributed by atoms with Gasteiger partial charge in [-0.1, -0.05) is 60.7 Å². The predicted octanol–water partition coefficient (Wildman–Crippen LogP) is 3.91. The lowest BCUT2D eigenvalue weighted by atomic mass is 9.75. The lowest BCUT2D eigenvalue weighted by Crippen LogP contribution is -2.41. The number of H-pyrrole nitrogens is 1. The summed E-state index contributed by atoms with van der Waals surface area (Å²) >= 11 is 0. The Morgan fingerprint density at radius 1 is 0.943 bits per heavy atom. The molecule has 5 rings (SSSR count). The molecule has 2 heterocycles. The van der Waals surface area contributed by atoms with Gasteiger partial charge in [0.25, 0.3) is 5.56 Å². The van der Waals surface area contributed by atoms with Crippen LogP contribution in [-0.4, -0.2) is 33.3 Å². The van der Waals surface area contributed by atoms with Crippen LogP contribution in [-0.2, 0) is 4.79 Å². The first-order valence-electron chi connectivity index (χ1n) is 11.7. The lowest BCUT2D eigenvalue weighted by Gasteiger charge is -2.30. The van der Waals surface area contributed by atoms with Crippen molar-refractivity contribution in [2.75, 3.05) is 5.01 Å². The highest BCUT2D eigenvalue weighted by molar-refractivity contribution is 5.71. The Kier molecular flexibility index (Phi) is 6.01. The van der Waals surface area contributed by atoms with Crippen molar-refractivity contribution in [2.24, 2.45) is 5.92 Å². The number of phenols is 1. The Morgan fingerprint density at radius 2 is 1.57 bits per heavy atom. The Bertz CT molecular complexity index is 1380. The zero-order valence-electron chi connectivity index (χ0n) is 19.6. The number of aldehydes is 1. The maximum atomic E-state index is 13.8. The number of nitrogens with one attached hydrogen (secondary N) is 2. The molecule has 3 aromatic carbocycles. The fourth-order valence-electron chi connectivity index (χ4n) is 5.32. The van der Waals surface area contributed by atoms with Crippen LogP contribution in [0.3, 0.4) is 0 Å². The van der Waals surface area contributed by atoms with E-state index in [1.807, 2.05) is 80.6 Å². The number of rotatable bonds is 6. The first-order valence-corrected chi connectivity index (χ1v) is 11.7. The summed E-state index contributed by atoms with van der Waals surface area (Å²) in [6.45, 7) is 3.91. The number of carbonyl (C=O) groups is 1. The largest absolute Gasteiger partial charge is 0.506 e. The van der Waals surface area contributed by atoms with E-state index in [2.05, 4.69) is 10.5 Å². The molecule has 4 aromatic rings. The van der Waals surface area contributed by atoms with E-state index >= 15 is 0 Å². The van der Waals surface area contributed by atoms with Crippen LogP contribution < -0.4 is 16.0 Å². The summed E-state index contributed by atoms with van der Waals surface area (Å²) in [5.41, 5.74) is 6.86. The van der Waals surface area contributed by atoms with E-state index in [0.29, 0.717) is 11.3 Å². The third-order valence-corrected chi connectivity index (χ3v) is 6.88. The number of hydrogen-bond acceptors (Lipinski definition) is 5. The van der Waals surface area contributed by atoms with Gasteiger partial charge in [-0.25, -0.2) is 10.1 Å². The molecule has 0 amide bonds. The molecule has 0 saturated carbocycles. The average molecular weight is 469 g/mol. The van der Waals surface area contributed by atoms with Gasteiger partial charge in [0.2, 0.25) is 0 Å². The zero-order valence-corrected chi connectivity index (χ0v) is 19.6. The molecule has 7 heteroatoms. The molecule has 1 aliphatic heterocycles. The standard InChI is InChI=1S/C28H28N4O3/c1-18-25(23(17-33)32(30-18)22-15-9-10-16-24(22)34)27(20-11-5-3-6-12-20)26-19(2)29-31(28(26)35)21-13-7-4-8-14-21/h3-18,23,25,27,29-30,34H,1-2H3. The normalized spacial score (nSPS) is 20.6.